The van der Waals surface area contributed by atoms with Gasteiger partial charge in [0, 0.05) is 24.7 Å². The van der Waals surface area contributed by atoms with Gasteiger partial charge in [0.25, 0.3) is 0 Å². The third-order valence-corrected chi connectivity index (χ3v) is 4.73. The van der Waals surface area contributed by atoms with Crippen molar-refractivity contribution in [3.8, 4) is 0 Å². The first-order chi connectivity index (χ1) is 13.0. The number of Topliss-reactive ketones (excluding diaryl/α,β-unsaturated/α-hetero) is 1. The number of hydrogen-bond acceptors (Lipinski definition) is 7. The van der Waals surface area contributed by atoms with Gasteiger partial charge in [-0.2, -0.15) is 9.97 Å². The number of nitrogens with zero attached hydrogens (tertiary/aromatic N) is 4. The molecule has 0 bridgehead atoms. The lowest BCUT2D eigenvalue weighted by atomic mass is 9.95. The number of fused-ring (bicyclic) bond motifs is 1. The lowest BCUT2D eigenvalue weighted by Crippen LogP contribution is -2.55. The number of anilines is 3. The molecule has 2 heterocycles. The van der Waals surface area contributed by atoms with Crippen molar-refractivity contribution in [3.05, 3.63) is 54.1 Å². The molecule has 4 N–H and O–H groups in total. The molecule has 3 aromatic rings. The second-order valence-electron chi connectivity index (χ2n) is 6.48. The summed E-state index contributed by atoms with van der Waals surface area (Å²) >= 11 is 0. The Hall–Kier alpha value is -3.26. The Balaban J connectivity index is 1.77. The minimum Gasteiger partial charge on any atom is -0.383 e. The van der Waals surface area contributed by atoms with Crippen molar-refractivity contribution in [1.82, 2.24) is 15.1 Å². The average Bonchev–Trinajstić information content (AvgIpc) is 2.66. The minimum atomic E-state index is -0.747. The molecule has 27 heavy (non-hydrogen) atoms. The highest BCUT2D eigenvalue weighted by Gasteiger charge is 2.35. The number of hydrogen-bond donors (Lipinski definition) is 2. The van der Waals surface area contributed by atoms with Crippen molar-refractivity contribution in [3.63, 3.8) is 0 Å². The Morgan fingerprint density at radius 2 is 1.85 bits per heavy atom. The van der Waals surface area contributed by atoms with Gasteiger partial charge in [-0.25, -0.2) is 0 Å². The Kier molecular flexibility index (Phi) is 4.33. The van der Waals surface area contributed by atoms with Crippen LogP contribution in [0.5, 0.6) is 0 Å². The van der Waals surface area contributed by atoms with E-state index in [9.17, 15) is 9.28 Å². The smallest absolute Gasteiger partial charge is 0.223 e. The number of carbonyl (C=O) groups is 1. The van der Waals surface area contributed by atoms with E-state index in [2.05, 4.69) is 9.97 Å². The molecule has 1 fully saturated rings. The van der Waals surface area contributed by atoms with Crippen LogP contribution >= 0.6 is 0 Å². The van der Waals surface area contributed by atoms with E-state index in [0.717, 1.165) is 10.8 Å². The van der Waals surface area contributed by atoms with Crippen molar-refractivity contribution in [2.24, 2.45) is 0 Å². The molecule has 2 aromatic carbocycles. The normalized spacial score (nSPS) is 18.0. The van der Waals surface area contributed by atoms with Crippen LogP contribution < -0.4 is 16.4 Å². The predicted molar refractivity (Wildman–Crippen MR) is 103 cm³/mol. The molecule has 1 aliphatic heterocycles. The van der Waals surface area contributed by atoms with E-state index in [-0.39, 0.29) is 37.2 Å². The van der Waals surface area contributed by atoms with E-state index in [4.69, 9.17) is 11.5 Å². The van der Waals surface area contributed by atoms with E-state index >= 15 is 0 Å². The number of nitrogen functional groups attached to an aromatic ring is 2. The summed E-state index contributed by atoms with van der Waals surface area (Å²) in [6.45, 7) is 0.378. The monoisotopic (exact) mass is 366 g/mol. The number of piperazine rings is 1. The molecule has 1 aromatic heterocycles. The molecule has 0 spiro atoms. The van der Waals surface area contributed by atoms with Crippen LogP contribution in [-0.4, -0.2) is 46.5 Å². The van der Waals surface area contributed by atoms with Crippen LogP contribution in [-0.2, 0) is 0 Å². The molecule has 1 saturated heterocycles. The zero-order valence-electron chi connectivity index (χ0n) is 14.5. The molecule has 1 unspecified atom stereocenters. The van der Waals surface area contributed by atoms with Gasteiger partial charge in [-0.05, 0) is 10.8 Å². The van der Waals surface area contributed by atoms with Gasteiger partial charge in [-0.1, -0.05) is 42.5 Å². The summed E-state index contributed by atoms with van der Waals surface area (Å²) in [6, 6.07) is 14.0. The zero-order valence-corrected chi connectivity index (χ0v) is 14.5. The first kappa shape index (κ1) is 17.2. The molecular formula is C19H19FN6O. The quantitative estimate of drug-likeness (QED) is 0.540. The standard InChI is InChI=1S/C19H19FN6O/c20-25-8-9-26(17-10-16(21)23-19(22)24-17)15(11-25)18(27)14-7-3-5-12-4-1-2-6-13(12)14/h1-7,10,15H,8-9,11H2,(H4,21,22,23,24). The van der Waals surface area contributed by atoms with Crippen LogP contribution in [0.25, 0.3) is 10.8 Å². The lowest BCUT2D eigenvalue weighted by molar-refractivity contribution is 0.00698. The number of ketones is 1. The van der Waals surface area contributed by atoms with Crippen LogP contribution in [0.3, 0.4) is 0 Å². The molecular weight excluding hydrogens is 347 g/mol. The molecule has 1 aliphatic rings. The zero-order chi connectivity index (χ0) is 19.0. The number of nitrogens with two attached hydrogens (primary N) is 2. The van der Waals surface area contributed by atoms with E-state index in [1.807, 2.05) is 36.4 Å². The van der Waals surface area contributed by atoms with Gasteiger partial charge in [0.2, 0.25) is 5.95 Å². The fourth-order valence-electron chi connectivity index (χ4n) is 3.49. The summed E-state index contributed by atoms with van der Waals surface area (Å²) in [5.41, 5.74) is 12.0. The summed E-state index contributed by atoms with van der Waals surface area (Å²) in [5.74, 6) is 0.470. The minimum absolute atomic E-state index is 0.0176. The highest BCUT2D eigenvalue weighted by Crippen LogP contribution is 2.26. The molecule has 0 amide bonds. The van der Waals surface area contributed by atoms with Crippen molar-refractivity contribution < 1.29 is 9.28 Å². The lowest BCUT2D eigenvalue weighted by Gasteiger charge is -2.38. The molecule has 7 nitrogen and oxygen atoms in total. The summed E-state index contributed by atoms with van der Waals surface area (Å²) < 4.78 is 14.0. The Labute approximate surface area is 155 Å². The molecule has 1 atom stereocenters. The number of rotatable bonds is 3. The summed E-state index contributed by atoms with van der Waals surface area (Å²) in [6.07, 6.45) is 0. The fraction of sp³-hybridized carbons (Fsp3) is 0.211. The highest BCUT2D eigenvalue weighted by molar-refractivity contribution is 6.11. The van der Waals surface area contributed by atoms with E-state index in [1.54, 1.807) is 17.0 Å². The maximum absolute atomic E-state index is 14.0. The van der Waals surface area contributed by atoms with Gasteiger partial charge in [0.1, 0.15) is 17.7 Å². The van der Waals surface area contributed by atoms with Gasteiger partial charge >= 0.3 is 0 Å². The van der Waals surface area contributed by atoms with Crippen molar-refractivity contribution in [2.75, 3.05) is 36.0 Å². The molecule has 8 heteroatoms. The first-order valence-electron chi connectivity index (χ1n) is 8.62. The van der Waals surface area contributed by atoms with Crippen LogP contribution in [0.2, 0.25) is 0 Å². The van der Waals surface area contributed by atoms with E-state index in [0.29, 0.717) is 16.5 Å². The molecule has 138 valence electrons. The molecule has 0 saturated carbocycles. The van der Waals surface area contributed by atoms with Crippen LogP contribution in [0.15, 0.2) is 48.5 Å². The molecule has 0 radical (unpaired) electrons. The first-order valence-corrected chi connectivity index (χ1v) is 8.62. The predicted octanol–water partition coefficient (Wildman–Crippen LogP) is 2.05. The topological polar surface area (TPSA) is 101 Å². The molecule has 4 rings (SSSR count). The third kappa shape index (κ3) is 3.26. The van der Waals surface area contributed by atoms with E-state index in [1.165, 1.54) is 0 Å². The highest BCUT2D eigenvalue weighted by atomic mass is 19.2. The van der Waals surface area contributed by atoms with Gasteiger partial charge in [0.15, 0.2) is 5.78 Å². The second-order valence-corrected chi connectivity index (χ2v) is 6.48. The summed E-state index contributed by atoms with van der Waals surface area (Å²) in [5, 5.41) is 2.44. The Bertz CT molecular complexity index is 985. The van der Waals surface area contributed by atoms with Gasteiger partial charge in [-0.15, -0.1) is 9.60 Å². The summed E-state index contributed by atoms with van der Waals surface area (Å²) in [7, 11) is 0. The average molecular weight is 366 g/mol. The van der Waals surface area contributed by atoms with Crippen LogP contribution in [0, 0.1) is 0 Å². The SMILES string of the molecule is Nc1cc(N2CCN(F)CC2C(=O)c2cccc3ccccc23)nc(N)n1. The van der Waals surface area contributed by atoms with Crippen molar-refractivity contribution in [1.29, 1.82) is 0 Å². The third-order valence-electron chi connectivity index (χ3n) is 4.73. The van der Waals surface area contributed by atoms with Gasteiger partial charge < -0.3 is 16.4 Å². The Morgan fingerprint density at radius 1 is 1.07 bits per heavy atom. The molecule has 0 aliphatic carbocycles. The fourth-order valence-corrected chi connectivity index (χ4v) is 3.49. The number of carbonyl (C=O) groups excluding carboxylic acids is 1. The number of halogens is 1. The number of aromatic nitrogens is 2. The van der Waals surface area contributed by atoms with E-state index < -0.39 is 6.04 Å². The second kappa shape index (κ2) is 6.81. The van der Waals surface area contributed by atoms with Gasteiger partial charge in [0.05, 0.1) is 6.54 Å². The van der Waals surface area contributed by atoms with Crippen molar-refractivity contribution in [2.45, 2.75) is 6.04 Å². The van der Waals surface area contributed by atoms with Crippen molar-refractivity contribution >= 4 is 34.1 Å². The number of benzene rings is 2. The summed E-state index contributed by atoms with van der Waals surface area (Å²) in [4.78, 5) is 23.2. The van der Waals surface area contributed by atoms with Crippen LogP contribution in [0.4, 0.5) is 22.1 Å². The van der Waals surface area contributed by atoms with Crippen LogP contribution in [0.1, 0.15) is 10.4 Å². The van der Waals surface area contributed by atoms with Gasteiger partial charge in [-0.3, -0.25) is 4.79 Å². The maximum Gasteiger partial charge on any atom is 0.223 e. The largest absolute Gasteiger partial charge is 0.383 e. The Morgan fingerprint density at radius 3 is 2.67 bits per heavy atom. The maximum atomic E-state index is 14.0.